The SMILES string of the molecule is CC\C=C/C(=C\C=C\c1cc(-c2cc(Cl)cc(Cl)c2)nn1Cc1ccc(C(=O)N/C(N)=N/N)cc1)OC. The molecule has 10 heteroatoms. The van der Waals surface area contributed by atoms with Gasteiger partial charge in [-0.1, -0.05) is 54.4 Å². The Labute approximate surface area is 225 Å². The molecule has 0 spiro atoms. The Balaban J connectivity index is 1.92. The van der Waals surface area contributed by atoms with Crippen molar-refractivity contribution in [2.75, 3.05) is 7.11 Å². The van der Waals surface area contributed by atoms with Gasteiger partial charge < -0.3 is 16.3 Å². The second-order valence-electron chi connectivity index (χ2n) is 7.88. The highest BCUT2D eigenvalue weighted by atomic mass is 35.5. The number of ether oxygens (including phenoxy) is 1. The van der Waals surface area contributed by atoms with Crippen LogP contribution in [-0.2, 0) is 11.3 Å². The van der Waals surface area contributed by atoms with Crippen molar-refractivity contribution in [2.24, 2.45) is 16.7 Å². The molecule has 2 aromatic carbocycles. The number of nitrogens with two attached hydrogens (primary N) is 2. The maximum absolute atomic E-state index is 12.2. The van der Waals surface area contributed by atoms with Crippen molar-refractivity contribution in [2.45, 2.75) is 19.9 Å². The number of carbonyl (C=O) groups excluding carboxylic acids is 1. The van der Waals surface area contributed by atoms with E-state index in [2.05, 4.69) is 17.3 Å². The first-order valence-corrected chi connectivity index (χ1v) is 12.2. The minimum atomic E-state index is -0.404. The number of benzene rings is 2. The number of carbonyl (C=O) groups is 1. The van der Waals surface area contributed by atoms with E-state index in [9.17, 15) is 4.79 Å². The molecule has 0 aliphatic rings. The second kappa shape index (κ2) is 13.3. The molecule has 0 unspecified atom stereocenters. The summed E-state index contributed by atoms with van der Waals surface area (Å²) in [5, 5.41) is 11.5. The number of methoxy groups -OCH3 is 1. The third-order valence-corrected chi connectivity index (χ3v) is 5.62. The van der Waals surface area contributed by atoms with Crippen molar-refractivity contribution in [1.29, 1.82) is 0 Å². The predicted octanol–water partition coefficient (Wildman–Crippen LogP) is 5.33. The zero-order chi connectivity index (χ0) is 26.8. The van der Waals surface area contributed by atoms with E-state index < -0.39 is 5.91 Å². The smallest absolute Gasteiger partial charge is 0.257 e. The number of nitrogens with one attached hydrogen (secondary N) is 1. The van der Waals surface area contributed by atoms with Crippen molar-refractivity contribution in [3.05, 3.63) is 105 Å². The minimum Gasteiger partial charge on any atom is -0.497 e. The first-order chi connectivity index (χ1) is 17.8. The Morgan fingerprint density at radius 3 is 2.49 bits per heavy atom. The van der Waals surface area contributed by atoms with Crippen molar-refractivity contribution in [1.82, 2.24) is 15.1 Å². The van der Waals surface area contributed by atoms with Gasteiger partial charge in [-0.05, 0) is 66.6 Å². The van der Waals surface area contributed by atoms with Gasteiger partial charge >= 0.3 is 0 Å². The topological polar surface area (TPSA) is 121 Å². The molecule has 37 heavy (non-hydrogen) atoms. The Kier molecular flexibility index (Phi) is 9.94. The first kappa shape index (κ1) is 27.6. The van der Waals surface area contributed by atoms with Crippen LogP contribution in [0.4, 0.5) is 0 Å². The maximum Gasteiger partial charge on any atom is 0.257 e. The maximum atomic E-state index is 12.2. The molecular weight excluding hydrogens is 511 g/mol. The van der Waals surface area contributed by atoms with Crippen LogP contribution in [0.5, 0.6) is 0 Å². The van der Waals surface area contributed by atoms with Gasteiger partial charge in [0, 0.05) is 21.2 Å². The van der Waals surface area contributed by atoms with E-state index in [1.165, 1.54) is 0 Å². The zero-order valence-corrected chi connectivity index (χ0v) is 22.0. The number of hydrogen-bond acceptors (Lipinski definition) is 5. The Hall–Kier alpha value is -4.01. The number of nitrogens with zero attached hydrogens (tertiary/aromatic N) is 3. The van der Waals surface area contributed by atoms with Crippen LogP contribution in [0, 0.1) is 0 Å². The summed E-state index contributed by atoms with van der Waals surface area (Å²) in [6.45, 7) is 2.52. The summed E-state index contributed by atoms with van der Waals surface area (Å²) >= 11 is 12.4. The lowest BCUT2D eigenvalue weighted by molar-refractivity contribution is 0.0976. The van der Waals surface area contributed by atoms with Crippen molar-refractivity contribution in [3.8, 4) is 11.3 Å². The van der Waals surface area contributed by atoms with Gasteiger partial charge in [-0.2, -0.15) is 5.10 Å². The monoisotopic (exact) mass is 538 g/mol. The van der Waals surface area contributed by atoms with Gasteiger partial charge in [0.1, 0.15) is 5.76 Å². The minimum absolute atomic E-state index is 0.161. The van der Waals surface area contributed by atoms with Gasteiger partial charge in [0.2, 0.25) is 5.96 Å². The Morgan fingerprint density at radius 1 is 1.16 bits per heavy atom. The molecule has 1 amide bonds. The van der Waals surface area contributed by atoms with Gasteiger partial charge in [0.15, 0.2) is 0 Å². The number of amides is 1. The molecule has 8 nitrogen and oxygen atoms in total. The highest BCUT2D eigenvalue weighted by molar-refractivity contribution is 6.35. The lowest BCUT2D eigenvalue weighted by Crippen LogP contribution is -2.37. The number of hydrazone groups is 1. The highest BCUT2D eigenvalue weighted by Crippen LogP contribution is 2.27. The molecule has 0 aliphatic carbocycles. The van der Waals surface area contributed by atoms with E-state index in [4.69, 9.17) is 44.6 Å². The Morgan fingerprint density at radius 2 is 1.86 bits per heavy atom. The summed E-state index contributed by atoms with van der Waals surface area (Å²) in [7, 11) is 1.63. The quantitative estimate of drug-likeness (QED) is 0.0848. The van der Waals surface area contributed by atoms with Crippen molar-refractivity contribution >= 4 is 41.1 Å². The highest BCUT2D eigenvalue weighted by Gasteiger charge is 2.11. The predicted molar refractivity (Wildman–Crippen MR) is 150 cm³/mol. The summed E-state index contributed by atoms with van der Waals surface area (Å²) in [4.78, 5) is 12.2. The average Bonchev–Trinajstić information content (AvgIpc) is 3.28. The summed E-state index contributed by atoms with van der Waals surface area (Å²) in [5.41, 5.74) is 9.19. The van der Waals surface area contributed by atoms with Crippen molar-refractivity contribution in [3.63, 3.8) is 0 Å². The fourth-order valence-electron chi connectivity index (χ4n) is 3.36. The van der Waals surface area contributed by atoms with E-state index in [1.807, 2.05) is 65.4 Å². The molecule has 0 atom stereocenters. The molecule has 1 aromatic heterocycles. The van der Waals surface area contributed by atoms with Crippen LogP contribution in [0.15, 0.2) is 83.7 Å². The fraction of sp³-hybridized carbons (Fsp3) is 0.148. The molecule has 0 aliphatic heterocycles. The van der Waals surface area contributed by atoms with Crippen LogP contribution in [0.25, 0.3) is 17.3 Å². The molecule has 0 radical (unpaired) electrons. The summed E-state index contributed by atoms with van der Waals surface area (Å²) in [6.07, 6.45) is 10.6. The van der Waals surface area contributed by atoms with Crippen molar-refractivity contribution < 1.29 is 9.53 Å². The number of hydrogen-bond donors (Lipinski definition) is 3. The second-order valence-corrected chi connectivity index (χ2v) is 8.75. The van der Waals surface area contributed by atoms with Gasteiger partial charge in [-0.25, -0.2) is 0 Å². The normalized spacial score (nSPS) is 12.4. The lowest BCUT2D eigenvalue weighted by atomic mass is 10.1. The molecule has 3 rings (SSSR count). The van der Waals surface area contributed by atoms with E-state index in [1.54, 1.807) is 25.3 Å². The van der Waals surface area contributed by atoms with Crippen LogP contribution in [0.3, 0.4) is 0 Å². The van der Waals surface area contributed by atoms with Gasteiger partial charge in [-0.3, -0.25) is 14.8 Å². The molecule has 0 fully saturated rings. The average molecular weight is 539 g/mol. The standard InChI is InChI=1S/C27H28Cl2N6O2/c1-3-4-7-24(37-2)8-5-6-23-16-25(20-13-21(28)15-22(29)14-20)34-35(23)17-18-9-11-19(12-10-18)26(36)32-27(30)33-31/h4-16H,3,17,31H2,1-2H3,(H3,30,32,33,36)/b6-5+,7-4-,24-8+. The molecule has 0 bridgehead atoms. The van der Waals surface area contributed by atoms with E-state index in [0.717, 1.165) is 34.7 Å². The third-order valence-electron chi connectivity index (χ3n) is 5.18. The molecular formula is C27H28Cl2N6O2. The lowest BCUT2D eigenvalue weighted by Gasteiger charge is -2.07. The molecule has 192 valence electrons. The number of aromatic nitrogens is 2. The molecule has 0 saturated heterocycles. The number of guanidine groups is 1. The summed E-state index contributed by atoms with van der Waals surface area (Å²) in [6, 6.07) is 14.3. The number of halogens is 2. The van der Waals surface area contributed by atoms with Gasteiger partial charge in [0.25, 0.3) is 5.91 Å². The zero-order valence-electron chi connectivity index (χ0n) is 20.5. The van der Waals surface area contributed by atoms with Crippen LogP contribution >= 0.6 is 23.2 Å². The van der Waals surface area contributed by atoms with E-state index in [-0.39, 0.29) is 5.96 Å². The first-order valence-electron chi connectivity index (χ1n) is 11.4. The number of rotatable bonds is 9. The van der Waals surface area contributed by atoms with Crippen LogP contribution in [-0.4, -0.2) is 28.8 Å². The van der Waals surface area contributed by atoms with E-state index >= 15 is 0 Å². The largest absolute Gasteiger partial charge is 0.497 e. The van der Waals surface area contributed by atoms with Crippen LogP contribution in [0.1, 0.15) is 35.0 Å². The van der Waals surface area contributed by atoms with Crippen LogP contribution in [0.2, 0.25) is 10.0 Å². The number of allylic oxidation sites excluding steroid dienone is 4. The molecule has 3 aromatic rings. The van der Waals surface area contributed by atoms with Gasteiger partial charge in [0.05, 0.1) is 25.0 Å². The third kappa shape index (κ3) is 7.99. The van der Waals surface area contributed by atoms with Gasteiger partial charge in [-0.15, -0.1) is 5.10 Å². The Bertz CT molecular complexity index is 1340. The molecule has 1 heterocycles. The fourth-order valence-corrected chi connectivity index (χ4v) is 3.88. The van der Waals surface area contributed by atoms with Crippen LogP contribution < -0.4 is 16.9 Å². The molecule has 0 saturated carbocycles. The van der Waals surface area contributed by atoms with E-state index in [0.29, 0.717) is 22.2 Å². The molecule has 5 N–H and O–H groups in total. The summed E-state index contributed by atoms with van der Waals surface area (Å²) in [5.74, 6) is 5.24. The summed E-state index contributed by atoms with van der Waals surface area (Å²) < 4.78 is 7.25.